The van der Waals surface area contributed by atoms with Gasteiger partial charge in [-0.1, -0.05) is 16.9 Å². The molecule has 15 heavy (non-hydrogen) atoms. The average Bonchev–Trinajstić information content (AvgIpc) is 2.85. The minimum Gasteiger partial charge on any atom is -0.481 e. The SMILES string of the molecule is O=C(O)CSc1nnc(-c2ccon2)o1. The van der Waals surface area contributed by atoms with Crippen molar-refractivity contribution in [3.05, 3.63) is 12.3 Å². The molecular weight excluding hydrogens is 222 g/mol. The van der Waals surface area contributed by atoms with Gasteiger partial charge in [-0.15, -0.1) is 10.2 Å². The molecule has 2 aromatic rings. The molecule has 1 N–H and O–H groups in total. The monoisotopic (exact) mass is 227 g/mol. The predicted octanol–water partition coefficient (Wildman–Crippen LogP) is 0.901. The van der Waals surface area contributed by atoms with Gasteiger partial charge < -0.3 is 14.0 Å². The lowest BCUT2D eigenvalue weighted by atomic mass is 10.4. The van der Waals surface area contributed by atoms with Gasteiger partial charge in [0.15, 0.2) is 5.69 Å². The van der Waals surface area contributed by atoms with Crippen LogP contribution in [-0.2, 0) is 4.79 Å². The molecular formula is C7H5N3O4S. The Hall–Kier alpha value is -1.83. The van der Waals surface area contributed by atoms with Gasteiger partial charge in [0, 0.05) is 6.07 Å². The van der Waals surface area contributed by atoms with Crippen molar-refractivity contribution in [1.82, 2.24) is 15.4 Å². The van der Waals surface area contributed by atoms with Gasteiger partial charge in [-0.05, 0) is 0 Å². The fourth-order valence-corrected chi connectivity index (χ4v) is 1.30. The van der Waals surface area contributed by atoms with Crippen molar-refractivity contribution in [2.24, 2.45) is 0 Å². The number of carboxylic acids is 1. The summed E-state index contributed by atoms with van der Waals surface area (Å²) in [6.45, 7) is 0. The van der Waals surface area contributed by atoms with E-state index in [1.54, 1.807) is 6.07 Å². The van der Waals surface area contributed by atoms with Crippen LogP contribution in [0.1, 0.15) is 0 Å². The highest BCUT2D eigenvalue weighted by molar-refractivity contribution is 7.99. The van der Waals surface area contributed by atoms with Crippen molar-refractivity contribution in [2.75, 3.05) is 5.75 Å². The van der Waals surface area contributed by atoms with Gasteiger partial charge in [0.25, 0.3) is 11.1 Å². The zero-order valence-electron chi connectivity index (χ0n) is 7.28. The Labute approximate surface area is 87.5 Å². The summed E-state index contributed by atoms with van der Waals surface area (Å²) in [4.78, 5) is 10.3. The van der Waals surface area contributed by atoms with Gasteiger partial charge in [-0.2, -0.15) is 0 Å². The number of aromatic nitrogens is 3. The Kier molecular flexibility index (Phi) is 2.68. The lowest BCUT2D eigenvalue weighted by Crippen LogP contribution is -1.97. The molecule has 0 spiro atoms. The largest absolute Gasteiger partial charge is 0.481 e. The zero-order valence-corrected chi connectivity index (χ0v) is 8.10. The quantitative estimate of drug-likeness (QED) is 0.768. The zero-order chi connectivity index (χ0) is 10.7. The van der Waals surface area contributed by atoms with Crippen LogP contribution in [0.3, 0.4) is 0 Å². The van der Waals surface area contributed by atoms with Crippen LogP contribution in [0.5, 0.6) is 0 Å². The Morgan fingerprint density at radius 2 is 2.40 bits per heavy atom. The summed E-state index contributed by atoms with van der Waals surface area (Å²) in [5, 5.41) is 19.5. The molecule has 0 unspecified atom stereocenters. The summed E-state index contributed by atoms with van der Waals surface area (Å²) in [5.41, 5.74) is 0.421. The number of hydrogen-bond donors (Lipinski definition) is 1. The minimum absolute atomic E-state index is 0.125. The molecule has 0 radical (unpaired) electrons. The lowest BCUT2D eigenvalue weighted by Gasteiger charge is -1.88. The summed E-state index contributed by atoms with van der Waals surface area (Å²) >= 11 is 0.948. The second kappa shape index (κ2) is 4.13. The standard InChI is InChI=1S/C7H5N3O4S/c11-5(12)3-15-7-9-8-6(14-7)4-1-2-13-10-4/h1-2H,3H2,(H,11,12). The third-order valence-electron chi connectivity index (χ3n) is 1.38. The molecule has 78 valence electrons. The van der Waals surface area contributed by atoms with E-state index in [0.29, 0.717) is 5.69 Å². The number of nitrogens with zero attached hydrogens (tertiary/aromatic N) is 3. The molecule has 0 aliphatic heterocycles. The Morgan fingerprint density at radius 1 is 1.53 bits per heavy atom. The summed E-state index contributed by atoms with van der Waals surface area (Å²) in [6.07, 6.45) is 1.38. The highest BCUT2D eigenvalue weighted by atomic mass is 32.2. The van der Waals surface area contributed by atoms with Crippen LogP contribution < -0.4 is 0 Å². The van der Waals surface area contributed by atoms with Crippen LogP contribution in [0.2, 0.25) is 0 Å². The molecule has 0 saturated heterocycles. The van der Waals surface area contributed by atoms with E-state index in [0.717, 1.165) is 11.8 Å². The van der Waals surface area contributed by atoms with Gasteiger partial charge in [0.05, 0.1) is 0 Å². The van der Waals surface area contributed by atoms with Crippen molar-refractivity contribution in [1.29, 1.82) is 0 Å². The maximum absolute atomic E-state index is 10.3. The fourth-order valence-electron chi connectivity index (χ4n) is 0.818. The number of carbonyl (C=O) groups is 1. The van der Waals surface area contributed by atoms with Crippen molar-refractivity contribution in [3.8, 4) is 11.6 Å². The van der Waals surface area contributed by atoms with Gasteiger partial charge in [0.2, 0.25) is 0 Å². The summed E-state index contributed by atoms with van der Waals surface area (Å²) in [5.74, 6) is -0.863. The van der Waals surface area contributed by atoms with Crippen LogP contribution in [-0.4, -0.2) is 32.2 Å². The molecule has 0 atom stereocenters. The average molecular weight is 227 g/mol. The van der Waals surface area contributed by atoms with E-state index < -0.39 is 5.97 Å². The second-order valence-corrected chi connectivity index (χ2v) is 3.37. The van der Waals surface area contributed by atoms with E-state index in [1.807, 2.05) is 0 Å². The maximum Gasteiger partial charge on any atom is 0.314 e. The first-order valence-corrected chi connectivity index (χ1v) is 4.83. The van der Waals surface area contributed by atoms with Crippen molar-refractivity contribution in [2.45, 2.75) is 5.22 Å². The molecule has 0 aromatic carbocycles. The van der Waals surface area contributed by atoms with E-state index in [9.17, 15) is 4.79 Å². The number of aliphatic carboxylic acids is 1. The first-order valence-electron chi connectivity index (χ1n) is 3.84. The van der Waals surface area contributed by atoms with Crippen molar-refractivity contribution < 1.29 is 18.8 Å². The molecule has 2 aromatic heterocycles. The smallest absolute Gasteiger partial charge is 0.314 e. The topological polar surface area (TPSA) is 102 Å². The fraction of sp³-hybridized carbons (Fsp3) is 0.143. The van der Waals surface area contributed by atoms with Gasteiger partial charge >= 0.3 is 5.97 Å². The van der Waals surface area contributed by atoms with Gasteiger partial charge in [-0.25, -0.2) is 0 Å². The van der Waals surface area contributed by atoms with Crippen molar-refractivity contribution in [3.63, 3.8) is 0 Å². The Morgan fingerprint density at radius 3 is 3.07 bits per heavy atom. The van der Waals surface area contributed by atoms with E-state index in [-0.39, 0.29) is 16.9 Å². The molecule has 0 saturated carbocycles. The molecule has 0 amide bonds. The highest BCUT2D eigenvalue weighted by Crippen LogP contribution is 2.21. The minimum atomic E-state index is -0.943. The third-order valence-corrected chi connectivity index (χ3v) is 2.19. The molecule has 0 aliphatic carbocycles. The Balaban J connectivity index is 2.08. The van der Waals surface area contributed by atoms with Crippen molar-refractivity contribution >= 4 is 17.7 Å². The molecule has 0 aliphatic rings. The summed E-state index contributed by atoms with van der Waals surface area (Å²) in [7, 11) is 0. The molecule has 8 heteroatoms. The van der Waals surface area contributed by atoms with Gasteiger partial charge in [-0.3, -0.25) is 4.79 Å². The number of hydrogen-bond acceptors (Lipinski definition) is 7. The molecule has 0 fully saturated rings. The first kappa shape index (κ1) is 9.71. The lowest BCUT2D eigenvalue weighted by molar-refractivity contribution is -0.133. The molecule has 2 rings (SSSR count). The summed E-state index contributed by atoms with van der Waals surface area (Å²) in [6, 6.07) is 1.57. The predicted molar refractivity (Wildman–Crippen MR) is 48.2 cm³/mol. The number of rotatable bonds is 4. The highest BCUT2D eigenvalue weighted by Gasteiger charge is 2.12. The molecule has 2 heterocycles. The van der Waals surface area contributed by atoms with Crippen LogP contribution in [0.15, 0.2) is 26.5 Å². The Bertz CT molecular complexity index is 453. The maximum atomic E-state index is 10.3. The van der Waals surface area contributed by atoms with E-state index in [4.69, 9.17) is 9.52 Å². The van der Waals surface area contributed by atoms with Crippen LogP contribution in [0.4, 0.5) is 0 Å². The molecule has 0 bridgehead atoms. The van der Waals surface area contributed by atoms with E-state index in [2.05, 4.69) is 19.9 Å². The van der Waals surface area contributed by atoms with Crippen LogP contribution in [0.25, 0.3) is 11.6 Å². The first-order chi connectivity index (χ1) is 7.25. The van der Waals surface area contributed by atoms with E-state index in [1.165, 1.54) is 6.26 Å². The van der Waals surface area contributed by atoms with Crippen LogP contribution >= 0.6 is 11.8 Å². The molecule has 7 nitrogen and oxygen atoms in total. The van der Waals surface area contributed by atoms with E-state index >= 15 is 0 Å². The summed E-state index contributed by atoms with van der Waals surface area (Å²) < 4.78 is 9.73. The van der Waals surface area contributed by atoms with Crippen LogP contribution in [0, 0.1) is 0 Å². The number of thioether (sulfide) groups is 1. The third kappa shape index (κ3) is 2.34. The van der Waals surface area contributed by atoms with Gasteiger partial charge in [0.1, 0.15) is 12.0 Å². The normalized spacial score (nSPS) is 10.4. The second-order valence-electron chi connectivity index (χ2n) is 2.44. The number of carboxylic acid groups (broad SMARTS) is 1.